The molecular weight excluding hydrogens is 371 g/mol. The van der Waals surface area contributed by atoms with E-state index in [0.29, 0.717) is 17.4 Å². The van der Waals surface area contributed by atoms with Crippen molar-refractivity contribution in [2.45, 2.75) is 19.0 Å². The van der Waals surface area contributed by atoms with Crippen LogP contribution in [-0.2, 0) is 11.2 Å². The second kappa shape index (κ2) is 9.03. The minimum absolute atomic E-state index is 0.247. The molecule has 0 amide bonds. The van der Waals surface area contributed by atoms with Gasteiger partial charge >= 0.3 is 18.1 Å². The topological polar surface area (TPSA) is 135 Å². The molecule has 0 spiro atoms. The molecule has 0 saturated heterocycles. The maximum Gasteiger partial charge on any atom is 0.490 e. The van der Waals surface area contributed by atoms with Crippen LogP contribution in [0.2, 0.25) is 0 Å². The van der Waals surface area contributed by atoms with E-state index in [2.05, 4.69) is 5.43 Å². The fraction of sp³-hybridized carbons (Fsp3) is 0.312. The van der Waals surface area contributed by atoms with Gasteiger partial charge in [-0.15, -0.1) is 0 Å². The number of aryl methyl sites for hydroxylation is 1. The number of aromatic nitrogens is 1. The van der Waals surface area contributed by atoms with E-state index in [1.807, 2.05) is 12.1 Å². The summed E-state index contributed by atoms with van der Waals surface area (Å²) in [7, 11) is 1.66. The number of fused-ring (bicyclic) bond motifs is 1. The highest BCUT2D eigenvalue weighted by molar-refractivity contribution is 5.92. The van der Waals surface area contributed by atoms with E-state index in [-0.39, 0.29) is 5.56 Å². The first kappa shape index (κ1) is 22.0. The summed E-state index contributed by atoms with van der Waals surface area (Å²) in [5, 5.41) is 16.6. The van der Waals surface area contributed by atoms with Gasteiger partial charge in [-0.1, -0.05) is 6.07 Å². The number of nitrogens with zero attached hydrogens (tertiary/aromatic N) is 1. The van der Waals surface area contributed by atoms with Crippen molar-refractivity contribution in [3.05, 3.63) is 45.7 Å². The fourth-order valence-corrected chi connectivity index (χ4v) is 2.18. The Bertz CT molecular complexity index is 893. The van der Waals surface area contributed by atoms with Crippen molar-refractivity contribution in [2.24, 2.45) is 5.73 Å². The number of alkyl halides is 3. The SMILES string of the molecule is CNn1cc(C(=O)O)c(=O)c2cc(CCCN)ccc21.O=C(O)C(F)(F)F. The molecule has 2 aromatic rings. The number of aliphatic carboxylic acids is 1. The lowest BCUT2D eigenvalue weighted by Gasteiger charge is -2.12. The molecule has 148 valence electrons. The molecule has 8 nitrogen and oxygen atoms in total. The number of pyridine rings is 1. The Morgan fingerprint density at radius 2 is 1.85 bits per heavy atom. The lowest BCUT2D eigenvalue weighted by molar-refractivity contribution is -0.192. The molecule has 0 aliphatic rings. The summed E-state index contributed by atoms with van der Waals surface area (Å²) < 4.78 is 33.3. The Labute approximate surface area is 151 Å². The van der Waals surface area contributed by atoms with Crippen LogP contribution in [0, 0.1) is 0 Å². The lowest BCUT2D eigenvalue weighted by atomic mass is 10.0. The number of nitrogens with one attached hydrogen (secondary N) is 1. The first-order valence-electron chi connectivity index (χ1n) is 7.62. The van der Waals surface area contributed by atoms with E-state index in [0.717, 1.165) is 18.4 Å². The zero-order valence-electron chi connectivity index (χ0n) is 14.2. The predicted octanol–water partition coefficient (Wildman–Crippen LogP) is 1.40. The summed E-state index contributed by atoms with van der Waals surface area (Å²) in [4.78, 5) is 32.2. The Hall–Kier alpha value is -3.08. The molecule has 0 bridgehead atoms. The fourth-order valence-electron chi connectivity index (χ4n) is 2.18. The van der Waals surface area contributed by atoms with Crippen LogP contribution >= 0.6 is 0 Å². The number of benzene rings is 1. The minimum atomic E-state index is -5.08. The first-order chi connectivity index (χ1) is 12.5. The van der Waals surface area contributed by atoms with E-state index in [4.69, 9.17) is 20.7 Å². The van der Waals surface area contributed by atoms with Crippen LogP contribution in [0.15, 0.2) is 29.2 Å². The first-order valence-corrected chi connectivity index (χ1v) is 7.62. The molecule has 0 aliphatic heterocycles. The van der Waals surface area contributed by atoms with E-state index in [9.17, 15) is 22.8 Å². The number of halogens is 3. The van der Waals surface area contributed by atoms with E-state index >= 15 is 0 Å². The summed E-state index contributed by atoms with van der Waals surface area (Å²) >= 11 is 0. The molecule has 0 radical (unpaired) electrons. The van der Waals surface area contributed by atoms with Crippen molar-refractivity contribution in [1.82, 2.24) is 4.68 Å². The van der Waals surface area contributed by atoms with Gasteiger partial charge in [0.2, 0.25) is 5.43 Å². The minimum Gasteiger partial charge on any atom is -0.477 e. The number of carboxylic acid groups (broad SMARTS) is 2. The van der Waals surface area contributed by atoms with Crippen LogP contribution in [0.4, 0.5) is 13.2 Å². The predicted molar refractivity (Wildman–Crippen MR) is 91.5 cm³/mol. The van der Waals surface area contributed by atoms with Crippen LogP contribution in [0.1, 0.15) is 22.3 Å². The number of rotatable bonds is 5. The highest BCUT2D eigenvalue weighted by Crippen LogP contribution is 2.15. The average Bonchev–Trinajstić information content (AvgIpc) is 2.60. The van der Waals surface area contributed by atoms with Gasteiger partial charge in [-0.05, 0) is 37.1 Å². The average molecular weight is 389 g/mol. The van der Waals surface area contributed by atoms with Gasteiger partial charge in [0.25, 0.3) is 0 Å². The number of nitrogens with two attached hydrogens (primary N) is 1. The Kier molecular flexibility index (Phi) is 7.35. The van der Waals surface area contributed by atoms with Crippen molar-refractivity contribution in [3.8, 4) is 0 Å². The molecule has 0 fully saturated rings. The highest BCUT2D eigenvalue weighted by atomic mass is 19.4. The van der Waals surface area contributed by atoms with Crippen LogP contribution in [0.5, 0.6) is 0 Å². The molecule has 11 heteroatoms. The van der Waals surface area contributed by atoms with Crippen molar-refractivity contribution in [1.29, 1.82) is 0 Å². The Morgan fingerprint density at radius 3 is 2.30 bits per heavy atom. The number of aromatic carboxylic acids is 1. The quantitative estimate of drug-likeness (QED) is 0.607. The van der Waals surface area contributed by atoms with E-state index < -0.39 is 23.5 Å². The number of carboxylic acids is 2. The summed E-state index contributed by atoms with van der Waals surface area (Å²) in [6, 6.07) is 5.48. The normalized spacial score (nSPS) is 10.9. The third-order valence-corrected chi connectivity index (χ3v) is 3.45. The zero-order valence-corrected chi connectivity index (χ0v) is 14.2. The number of carbonyl (C=O) groups is 2. The second-order valence-corrected chi connectivity index (χ2v) is 5.32. The highest BCUT2D eigenvalue weighted by Gasteiger charge is 2.38. The molecule has 0 atom stereocenters. The molecule has 0 aliphatic carbocycles. The van der Waals surface area contributed by atoms with Gasteiger partial charge in [0.1, 0.15) is 5.56 Å². The molecule has 27 heavy (non-hydrogen) atoms. The maximum absolute atomic E-state index is 12.2. The van der Waals surface area contributed by atoms with Crippen LogP contribution in [-0.4, -0.2) is 46.6 Å². The molecule has 2 rings (SSSR count). The molecule has 1 aromatic carbocycles. The molecule has 0 unspecified atom stereocenters. The molecule has 5 N–H and O–H groups in total. The van der Waals surface area contributed by atoms with Crippen molar-refractivity contribution >= 4 is 22.8 Å². The molecular formula is C16H18F3N3O5. The standard InChI is InChI=1S/C14H17N3O3.C2HF3O2/c1-16-17-8-11(14(19)20)13(18)10-7-9(3-2-6-15)4-5-12(10)17;3-2(4,5)1(6)7/h4-5,7-8,16H,2-3,6,15H2,1H3,(H,19,20);(H,6,7). The van der Waals surface area contributed by atoms with Gasteiger partial charge in [-0.3, -0.25) is 9.47 Å². The third kappa shape index (κ3) is 5.71. The lowest BCUT2D eigenvalue weighted by Crippen LogP contribution is -2.22. The maximum atomic E-state index is 12.2. The van der Waals surface area contributed by atoms with Gasteiger partial charge in [-0.2, -0.15) is 13.2 Å². The Morgan fingerprint density at radius 1 is 1.26 bits per heavy atom. The molecule has 1 heterocycles. The van der Waals surface area contributed by atoms with Crippen molar-refractivity contribution in [2.75, 3.05) is 19.0 Å². The van der Waals surface area contributed by atoms with Gasteiger partial charge in [0.15, 0.2) is 0 Å². The Balaban J connectivity index is 0.000000445. The monoisotopic (exact) mass is 389 g/mol. The van der Waals surface area contributed by atoms with E-state index in [1.54, 1.807) is 13.1 Å². The summed E-state index contributed by atoms with van der Waals surface area (Å²) in [6.45, 7) is 0.577. The van der Waals surface area contributed by atoms with Crippen LogP contribution < -0.4 is 16.6 Å². The van der Waals surface area contributed by atoms with E-state index in [1.165, 1.54) is 10.9 Å². The molecule has 1 aromatic heterocycles. The zero-order chi connectivity index (χ0) is 20.8. The second-order valence-electron chi connectivity index (χ2n) is 5.32. The van der Waals surface area contributed by atoms with Gasteiger partial charge < -0.3 is 21.4 Å². The number of hydrogen-bond acceptors (Lipinski definition) is 5. The van der Waals surface area contributed by atoms with Crippen LogP contribution in [0.3, 0.4) is 0 Å². The smallest absolute Gasteiger partial charge is 0.477 e. The third-order valence-electron chi connectivity index (χ3n) is 3.45. The van der Waals surface area contributed by atoms with Gasteiger partial charge in [0, 0.05) is 18.6 Å². The van der Waals surface area contributed by atoms with Gasteiger partial charge in [-0.25, -0.2) is 9.59 Å². The molecule has 0 saturated carbocycles. The summed E-state index contributed by atoms with van der Waals surface area (Å²) in [5.41, 5.74) is 9.24. The summed E-state index contributed by atoms with van der Waals surface area (Å²) in [6.07, 6.45) is -2.19. The summed E-state index contributed by atoms with van der Waals surface area (Å²) in [5.74, 6) is -3.99. The van der Waals surface area contributed by atoms with Crippen molar-refractivity contribution in [3.63, 3.8) is 0 Å². The largest absolute Gasteiger partial charge is 0.490 e. The number of hydrogen-bond donors (Lipinski definition) is 4. The van der Waals surface area contributed by atoms with Crippen molar-refractivity contribution < 1.29 is 33.0 Å². The van der Waals surface area contributed by atoms with Gasteiger partial charge in [0.05, 0.1) is 5.52 Å². The van der Waals surface area contributed by atoms with Crippen LogP contribution in [0.25, 0.3) is 10.9 Å².